The molecule has 0 spiro atoms. The fraction of sp³-hybridized carbons (Fsp3) is 0.406. The van der Waals surface area contributed by atoms with Gasteiger partial charge in [-0.25, -0.2) is 4.68 Å². The van der Waals surface area contributed by atoms with Crippen molar-refractivity contribution in [2.24, 2.45) is 0 Å². The summed E-state index contributed by atoms with van der Waals surface area (Å²) in [6.45, 7) is 1.03. The van der Waals surface area contributed by atoms with Gasteiger partial charge < -0.3 is 10.1 Å². The van der Waals surface area contributed by atoms with Gasteiger partial charge in [0.2, 0.25) is 11.8 Å². The Bertz CT molecular complexity index is 1460. The molecule has 2 aromatic carbocycles. The standard InChI is InChI=1S/C32H36N6O3/c39-30(22-37-29-13-5-4-12-28(29)35-36-37)38(26-16-14-24(15-17-26)23-8-2-1-3-9-23)31(25-10-6-18-33-20-25)32(40)34-21-27-11-7-19-41-27/h4-6,10,12-18,20,23,27,31H,1-3,7-9,11,19,21-22H2,(H,34,40)/t27-,31-/m0/s1. The SMILES string of the molecule is O=C(NC[C@@H]1CCCO1)[C@H](c1cccnc1)N(C(=O)Cn1nnc2ccccc21)c1ccc(C2CCCCC2)cc1. The number of hydrogen-bond donors (Lipinski definition) is 1. The number of nitrogens with zero attached hydrogens (tertiary/aromatic N) is 5. The third kappa shape index (κ3) is 6.15. The van der Waals surface area contributed by atoms with Crippen molar-refractivity contribution in [3.05, 3.63) is 84.2 Å². The van der Waals surface area contributed by atoms with Crippen LogP contribution in [0.1, 0.15) is 68.0 Å². The number of hydrogen-bond acceptors (Lipinski definition) is 6. The Kier molecular flexibility index (Phi) is 8.32. The first-order valence-electron chi connectivity index (χ1n) is 14.7. The molecule has 2 amide bonds. The predicted molar refractivity (Wildman–Crippen MR) is 156 cm³/mol. The fourth-order valence-corrected chi connectivity index (χ4v) is 6.09. The predicted octanol–water partition coefficient (Wildman–Crippen LogP) is 4.94. The number of carbonyl (C=O) groups is 2. The van der Waals surface area contributed by atoms with Crippen LogP contribution in [0.5, 0.6) is 0 Å². The topological polar surface area (TPSA) is 102 Å². The number of benzene rings is 2. The van der Waals surface area contributed by atoms with Crippen LogP contribution in [0.3, 0.4) is 0 Å². The minimum absolute atomic E-state index is 0.0195. The van der Waals surface area contributed by atoms with Crippen LogP contribution in [0.25, 0.3) is 11.0 Å². The Morgan fingerprint density at radius 3 is 2.56 bits per heavy atom. The zero-order chi connectivity index (χ0) is 28.0. The third-order valence-electron chi connectivity index (χ3n) is 8.26. The molecule has 4 aromatic rings. The van der Waals surface area contributed by atoms with Crippen LogP contribution >= 0.6 is 0 Å². The highest BCUT2D eigenvalue weighted by atomic mass is 16.5. The maximum atomic E-state index is 14.2. The minimum Gasteiger partial charge on any atom is -0.376 e. The van der Waals surface area contributed by atoms with Crippen LogP contribution in [-0.4, -0.2) is 51.0 Å². The van der Waals surface area contributed by atoms with Crippen LogP contribution in [-0.2, 0) is 20.9 Å². The van der Waals surface area contributed by atoms with Gasteiger partial charge in [-0.3, -0.25) is 19.5 Å². The summed E-state index contributed by atoms with van der Waals surface area (Å²) in [4.78, 5) is 34.0. The molecular weight excluding hydrogens is 516 g/mol. The van der Waals surface area contributed by atoms with Crippen LogP contribution in [0.15, 0.2) is 73.1 Å². The van der Waals surface area contributed by atoms with Crippen molar-refractivity contribution in [2.45, 2.75) is 69.6 Å². The van der Waals surface area contributed by atoms with Crippen molar-refractivity contribution < 1.29 is 14.3 Å². The Labute approximate surface area is 239 Å². The maximum absolute atomic E-state index is 14.2. The van der Waals surface area contributed by atoms with E-state index in [1.165, 1.54) is 37.7 Å². The smallest absolute Gasteiger partial charge is 0.249 e. The second-order valence-corrected chi connectivity index (χ2v) is 11.0. The molecule has 2 aromatic heterocycles. The molecule has 212 valence electrons. The monoisotopic (exact) mass is 552 g/mol. The Balaban J connectivity index is 1.35. The number of pyridine rings is 1. The van der Waals surface area contributed by atoms with Crippen molar-refractivity contribution in [3.8, 4) is 0 Å². The molecule has 0 bridgehead atoms. The van der Waals surface area contributed by atoms with Gasteiger partial charge in [0.15, 0.2) is 0 Å². The molecular formula is C32H36N6O3. The molecule has 9 nitrogen and oxygen atoms in total. The summed E-state index contributed by atoms with van der Waals surface area (Å²) < 4.78 is 7.33. The van der Waals surface area contributed by atoms with Crippen molar-refractivity contribution in [1.82, 2.24) is 25.3 Å². The van der Waals surface area contributed by atoms with Gasteiger partial charge >= 0.3 is 0 Å². The molecule has 6 rings (SSSR count). The van der Waals surface area contributed by atoms with Gasteiger partial charge in [-0.1, -0.05) is 54.8 Å². The third-order valence-corrected chi connectivity index (χ3v) is 8.26. The van der Waals surface area contributed by atoms with Gasteiger partial charge in [0.1, 0.15) is 18.1 Å². The van der Waals surface area contributed by atoms with Crippen LogP contribution in [0, 0.1) is 0 Å². The summed E-state index contributed by atoms with van der Waals surface area (Å²) in [5.74, 6) is -0.0128. The number of ether oxygens (including phenoxy) is 1. The van der Waals surface area contributed by atoms with Gasteiger partial charge in [0.25, 0.3) is 0 Å². The summed E-state index contributed by atoms with van der Waals surface area (Å²) in [7, 11) is 0. The van der Waals surface area contributed by atoms with Gasteiger partial charge in [-0.2, -0.15) is 0 Å². The lowest BCUT2D eigenvalue weighted by Crippen LogP contribution is -2.46. The zero-order valence-corrected chi connectivity index (χ0v) is 23.2. The number of rotatable bonds is 9. The number of fused-ring (bicyclic) bond motifs is 1. The van der Waals surface area contributed by atoms with Crippen molar-refractivity contribution in [1.29, 1.82) is 0 Å². The number of para-hydroxylation sites is 1. The van der Waals surface area contributed by atoms with Crippen molar-refractivity contribution >= 4 is 28.5 Å². The van der Waals surface area contributed by atoms with E-state index >= 15 is 0 Å². The molecule has 1 aliphatic heterocycles. The number of carbonyl (C=O) groups excluding carboxylic acids is 2. The van der Waals surface area contributed by atoms with E-state index in [-0.39, 0.29) is 24.5 Å². The van der Waals surface area contributed by atoms with Gasteiger partial charge in [-0.15, -0.1) is 5.10 Å². The van der Waals surface area contributed by atoms with Crippen molar-refractivity contribution in [2.75, 3.05) is 18.1 Å². The van der Waals surface area contributed by atoms with Gasteiger partial charge in [0.05, 0.1) is 11.6 Å². The molecule has 1 saturated heterocycles. The lowest BCUT2D eigenvalue weighted by atomic mass is 9.84. The second-order valence-electron chi connectivity index (χ2n) is 11.0. The highest BCUT2D eigenvalue weighted by Crippen LogP contribution is 2.35. The lowest BCUT2D eigenvalue weighted by molar-refractivity contribution is -0.127. The van der Waals surface area contributed by atoms with E-state index in [2.05, 4.69) is 32.7 Å². The zero-order valence-electron chi connectivity index (χ0n) is 23.2. The first kappa shape index (κ1) is 27.1. The van der Waals surface area contributed by atoms with E-state index in [0.29, 0.717) is 35.8 Å². The summed E-state index contributed by atoms with van der Waals surface area (Å²) in [5, 5.41) is 11.5. The van der Waals surface area contributed by atoms with E-state index in [1.807, 2.05) is 42.5 Å². The fourth-order valence-electron chi connectivity index (χ4n) is 6.09. The largest absolute Gasteiger partial charge is 0.376 e. The first-order chi connectivity index (χ1) is 20.2. The molecule has 0 unspecified atom stereocenters. The second kappa shape index (κ2) is 12.6. The average molecular weight is 553 g/mol. The van der Waals surface area contributed by atoms with E-state index < -0.39 is 6.04 Å². The number of nitrogens with one attached hydrogen (secondary N) is 1. The summed E-state index contributed by atoms with van der Waals surface area (Å²) in [5.41, 5.74) is 4.03. The molecule has 2 aliphatic rings. The molecule has 1 N–H and O–H groups in total. The number of amides is 2. The van der Waals surface area contributed by atoms with Gasteiger partial charge in [0, 0.05) is 36.8 Å². The summed E-state index contributed by atoms with van der Waals surface area (Å²) >= 11 is 0. The Morgan fingerprint density at radius 2 is 1.80 bits per heavy atom. The quantitative estimate of drug-likeness (QED) is 0.316. The van der Waals surface area contributed by atoms with Crippen LogP contribution in [0.2, 0.25) is 0 Å². The molecule has 2 fully saturated rings. The molecule has 2 atom stereocenters. The van der Waals surface area contributed by atoms with Crippen LogP contribution in [0.4, 0.5) is 5.69 Å². The lowest BCUT2D eigenvalue weighted by Gasteiger charge is -2.32. The average Bonchev–Trinajstić information content (AvgIpc) is 3.70. The summed E-state index contributed by atoms with van der Waals surface area (Å²) in [6, 6.07) is 18.4. The van der Waals surface area contributed by atoms with E-state index in [1.54, 1.807) is 28.0 Å². The minimum atomic E-state index is -0.923. The molecule has 41 heavy (non-hydrogen) atoms. The Hall–Kier alpha value is -4.11. The van der Waals surface area contributed by atoms with Crippen LogP contribution < -0.4 is 10.2 Å². The highest BCUT2D eigenvalue weighted by Gasteiger charge is 2.34. The molecule has 0 radical (unpaired) electrons. The van der Waals surface area contributed by atoms with Gasteiger partial charge in [-0.05, 0) is 67.5 Å². The van der Waals surface area contributed by atoms with E-state index in [9.17, 15) is 9.59 Å². The van der Waals surface area contributed by atoms with E-state index in [4.69, 9.17) is 4.74 Å². The molecule has 3 heterocycles. The molecule has 1 saturated carbocycles. The maximum Gasteiger partial charge on any atom is 0.249 e. The van der Waals surface area contributed by atoms with Crippen molar-refractivity contribution in [3.63, 3.8) is 0 Å². The normalized spacial score (nSPS) is 18.3. The number of anilines is 1. The molecule has 1 aliphatic carbocycles. The van der Waals surface area contributed by atoms with E-state index in [0.717, 1.165) is 18.4 Å². The first-order valence-corrected chi connectivity index (χ1v) is 14.7. The Morgan fingerprint density at radius 1 is 0.976 bits per heavy atom. The molecule has 9 heteroatoms. The highest BCUT2D eigenvalue weighted by molar-refractivity contribution is 6.01. The number of aromatic nitrogens is 4. The summed E-state index contributed by atoms with van der Waals surface area (Å²) in [6.07, 6.45) is 11.3.